The Morgan fingerprint density at radius 3 is 2.38 bits per heavy atom. The van der Waals surface area contributed by atoms with Gasteiger partial charge in [-0.1, -0.05) is 13.8 Å². The van der Waals surface area contributed by atoms with E-state index >= 15 is 0 Å². The van der Waals surface area contributed by atoms with Crippen molar-refractivity contribution in [1.29, 1.82) is 0 Å². The van der Waals surface area contributed by atoms with Gasteiger partial charge in [-0.2, -0.15) is 0 Å². The molecule has 0 radical (unpaired) electrons. The number of rotatable bonds is 6. The number of hydrogen-bond donors (Lipinski definition) is 3. The molecule has 6 heteroatoms. The highest BCUT2D eigenvalue weighted by Crippen LogP contribution is 2.06. The van der Waals surface area contributed by atoms with E-state index in [1.807, 2.05) is 6.92 Å². The summed E-state index contributed by atoms with van der Waals surface area (Å²) in [5.74, 6) is -1.69. The minimum absolute atomic E-state index is 0.0336. The van der Waals surface area contributed by atoms with E-state index in [0.29, 0.717) is 6.54 Å². The fourth-order valence-electron chi connectivity index (χ4n) is 1.15. The molecule has 0 saturated carbocycles. The van der Waals surface area contributed by atoms with Gasteiger partial charge in [0.05, 0.1) is 0 Å². The molecule has 6 nitrogen and oxygen atoms in total. The number of carbonyl (C=O) groups is 3. The van der Waals surface area contributed by atoms with Gasteiger partial charge in [-0.15, -0.1) is 0 Å². The van der Waals surface area contributed by atoms with Crippen LogP contribution in [0.5, 0.6) is 0 Å². The molecular weight excluding hydrogens is 212 g/mol. The van der Waals surface area contributed by atoms with Crippen molar-refractivity contribution >= 4 is 17.9 Å². The Morgan fingerprint density at radius 2 is 1.88 bits per heavy atom. The number of carbonyl (C=O) groups excluding carboxylic acids is 2. The summed E-state index contributed by atoms with van der Waals surface area (Å²) in [7, 11) is 0. The lowest BCUT2D eigenvalue weighted by atomic mass is 10.0. The molecule has 16 heavy (non-hydrogen) atoms. The largest absolute Gasteiger partial charge is 0.481 e. The molecule has 0 heterocycles. The third-order valence-corrected chi connectivity index (χ3v) is 1.85. The number of hydrogen-bond acceptors (Lipinski definition) is 3. The van der Waals surface area contributed by atoms with E-state index in [0.717, 1.165) is 6.42 Å². The minimum Gasteiger partial charge on any atom is -0.481 e. The molecule has 0 bridgehead atoms. The van der Waals surface area contributed by atoms with Gasteiger partial charge in [-0.05, 0) is 12.3 Å². The summed E-state index contributed by atoms with van der Waals surface area (Å²) in [4.78, 5) is 32.6. The molecule has 0 aliphatic rings. The van der Waals surface area contributed by atoms with Crippen molar-refractivity contribution < 1.29 is 19.5 Å². The van der Waals surface area contributed by atoms with Crippen molar-refractivity contribution in [3.05, 3.63) is 0 Å². The average molecular weight is 230 g/mol. The van der Waals surface area contributed by atoms with E-state index in [-0.39, 0.29) is 18.8 Å². The number of aliphatic carboxylic acids is 1. The summed E-state index contributed by atoms with van der Waals surface area (Å²) < 4.78 is 0. The highest BCUT2D eigenvalue weighted by molar-refractivity contribution is 5.94. The van der Waals surface area contributed by atoms with Crippen molar-refractivity contribution in [2.45, 2.75) is 33.1 Å². The maximum Gasteiger partial charge on any atom is 0.321 e. The molecule has 0 rings (SSSR count). The molecule has 0 aliphatic carbocycles. The number of nitrogens with one attached hydrogen (secondary N) is 2. The normalized spacial score (nSPS) is 11.6. The molecule has 3 N–H and O–H groups in total. The molecular formula is C10H18N2O4. The van der Waals surface area contributed by atoms with Gasteiger partial charge in [-0.25, -0.2) is 4.79 Å². The van der Waals surface area contributed by atoms with Gasteiger partial charge in [0.1, 0.15) is 0 Å². The van der Waals surface area contributed by atoms with Crippen LogP contribution in [0.2, 0.25) is 0 Å². The maximum atomic E-state index is 11.2. The van der Waals surface area contributed by atoms with Gasteiger partial charge >= 0.3 is 12.0 Å². The summed E-state index contributed by atoms with van der Waals surface area (Å²) in [6.07, 6.45) is 0.743. The van der Waals surface area contributed by atoms with Crippen LogP contribution in [0.25, 0.3) is 0 Å². The average Bonchev–Trinajstić information content (AvgIpc) is 2.12. The van der Waals surface area contributed by atoms with Crippen molar-refractivity contribution in [3.63, 3.8) is 0 Å². The molecule has 0 fully saturated rings. The third kappa shape index (κ3) is 7.78. The predicted octanol–water partition coefficient (Wildman–Crippen LogP) is 0.723. The van der Waals surface area contributed by atoms with Crippen LogP contribution in [0.15, 0.2) is 0 Å². The maximum absolute atomic E-state index is 11.2. The lowest BCUT2D eigenvalue weighted by Gasteiger charge is -2.09. The highest BCUT2D eigenvalue weighted by Gasteiger charge is 2.14. The van der Waals surface area contributed by atoms with Crippen LogP contribution in [0.4, 0.5) is 4.79 Å². The van der Waals surface area contributed by atoms with E-state index in [9.17, 15) is 14.4 Å². The molecule has 0 aromatic rings. The van der Waals surface area contributed by atoms with Crippen molar-refractivity contribution in [2.75, 3.05) is 6.54 Å². The van der Waals surface area contributed by atoms with Gasteiger partial charge in [0.25, 0.3) is 0 Å². The third-order valence-electron chi connectivity index (χ3n) is 1.85. The topological polar surface area (TPSA) is 95.5 Å². The van der Waals surface area contributed by atoms with Crippen LogP contribution >= 0.6 is 0 Å². The van der Waals surface area contributed by atoms with E-state index in [2.05, 4.69) is 10.6 Å². The molecule has 0 aliphatic heterocycles. The van der Waals surface area contributed by atoms with Crippen molar-refractivity contribution in [1.82, 2.24) is 10.6 Å². The second kappa shape index (κ2) is 7.67. The second-order valence-corrected chi connectivity index (χ2v) is 3.71. The first-order valence-corrected chi connectivity index (χ1v) is 5.25. The summed E-state index contributed by atoms with van der Waals surface area (Å²) in [5, 5.41) is 13.1. The monoisotopic (exact) mass is 230 g/mol. The summed E-state index contributed by atoms with van der Waals surface area (Å²) in [6.45, 7) is 4.05. The van der Waals surface area contributed by atoms with Crippen molar-refractivity contribution in [3.8, 4) is 0 Å². The zero-order valence-electron chi connectivity index (χ0n) is 9.58. The highest BCUT2D eigenvalue weighted by atomic mass is 16.4. The number of urea groups is 1. The zero-order valence-corrected chi connectivity index (χ0v) is 9.58. The Kier molecular flexibility index (Phi) is 6.91. The number of carboxylic acid groups (broad SMARTS) is 1. The molecule has 0 spiro atoms. The zero-order chi connectivity index (χ0) is 12.6. The first kappa shape index (κ1) is 14.4. The molecule has 0 aromatic heterocycles. The Morgan fingerprint density at radius 1 is 1.25 bits per heavy atom. The lowest BCUT2D eigenvalue weighted by molar-refractivity contribution is -0.138. The SMILES string of the molecule is CCCNC(=O)NC(=O)CC(C)CC(=O)O. The standard InChI is InChI=1S/C10H18N2O4/c1-3-4-11-10(16)12-8(13)5-7(2)6-9(14)15/h7H,3-6H2,1-2H3,(H,14,15)(H2,11,12,13,16). The van der Waals surface area contributed by atoms with Gasteiger partial charge < -0.3 is 10.4 Å². The number of imide groups is 1. The molecule has 0 saturated heterocycles. The van der Waals surface area contributed by atoms with Gasteiger partial charge in [0, 0.05) is 19.4 Å². The fourth-order valence-corrected chi connectivity index (χ4v) is 1.15. The van der Waals surface area contributed by atoms with E-state index in [4.69, 9.17) is 5.11 Å². The Labute approximate surface area is 94.4 Å². The first-order chi connectivity index (χ1) is 7.45. The lowest BCUT2D eigenvalue weighted by Crippen LogP contribution is -2.40. The molecule has 92 valence electrons. The first-order valence-electron chi connectivity index (χ1n) is 5.25. The molecule has 3 amide bonds. The van der Waals surface area contributed by atoms with Crippen LogP contribution in [0.3, 0.4) is 0 Å². The van der Waals surface area contributed by atoms with Gasteiger partial charge in [-0.3, -0.25) is 14.9 Å². The van der Waals surface area contributed by atoms with E-state index in [1.165, 1.54) is 0 Å². The van der Waals surface area contributed by atoms with Crippen LogP contribution in [0, 0.1) is 5.92 Å². The molecule has 1 atom stereocenters. The molecule has 1 unspecified atom stereocenters. The number of amides is 3. The van der Waals surface area contributed by atoms with Crippen LogP contribution in [0.1, 0.15) is 33.1 Å². The van der Waals surface area contributed by atoms with Gasteiger partial charge in [0.15, 0.2) is 0 Å². The predicted molar refractivity (Wildman–Crippen MR) is 57.9 cm³/mol. The summed E-state index contributed by atoms with van der Waals surface area (Å²) in [5.41, 5.74) is 0. The Hall–Kier alpha value is -1.59. The van der Waals surface area contributed by atoms with Gasteiger partial charge in [0.2, 0.25) is 5.91 Å². The van der Waals surface area contributed by atoms with E-state index < -0.39 is 17.9 Å². The van der Waals surface area contributed by atoms with Crippen LogP contribution < -0.4 is 10.6 Å². The van der Waals surface area contributed by atoms with Crippen molar-refractivity contribution in [2.24, 2.45) is 5.92 Å². The fraction of sp³-hybridized carbons (Fsp3) is 0.700. The van der Waals surface area contributed by atoms with Crippen LogP contribution in [-0.4, -0.2) is 29.6 Å². The second-order valence-electron chi connectivity index (χ2n) is 3.71. The van der Waals surface area contributed by atoms with Crippen LogP contribution in [-0.2, 0) is 9.59 Å². The quantitative estimate of drug-likeness (QED) is 0.626. The summed E-state index contributed by atoms with van der Waals surface area (Å²) >= 11 is 0. The Bertz CT molecular complexity index is 266. The molecule has 0 aromatic carbocycles. The Balaban J connectivity index is 3.80. The smallest absolute Gasteiger partial charge is 0.321 e. The summed E-state index contributed by atoms with van der Waals surface area (Å²) in [6, 6.07) is -0.533. The van der Waals surface area contributed by atoms with E-state index in [1.54, 1.807) is 6.92 Å². The minimum atomic E-state index is -0.948. The number of carboxylic acids is 1.